The number of aromatic nitrogens is 3. The van der Waals surface area contributed by atoms with Crippen LogP contribution in [-0.4, -0.2) is 28.3 Å². The first-order valence-electron chi connectivity index (χ1n) is 6.16. The van der Waals surface area contributed by atoms with E-state index in [1.165, 1.54) is 0 Å². The molecule has 0 aliphatic carbocycles. The van der Waals surface area contributed by atoms with Crippen LogP contribution in [0.1, 0.15) is 5.56 Å². The van der Waals surface area contributed by atoms with E-state index in [1.807, 2.05) is 0 Å². The van der Waals surface area contributed by atoms with Crippen LogP contribution in [0.5, 0.6) is 0 Å². The number of hydrogen-bond donors (Lipinski definition) is 0. The molecule has 1 aromatic heterocycles. The summed E-state index contributed by atoms with van der Waals surface area (Å²) < 4.78 is 128. The predicted molar refractivity (Wildman–Crippen MR) is 63.5 cm³/mol. The molecule has 0 unspecified atom stereocenters. The average Bonchev–Trinajstić information content (AvgIpc) is 2.72. The van der Waals surface area contributed by atoms with E-state index < -0.39 is 50.8 Å². The maximum atomic E-state index is 13.7. The second kappa shape index (κ2) is 5.76. The van der Waals surface area contributed by atoms with Gasteiger partial charge in [0, 0.05) is 6.07 Å². The molecule has 0 bridgehead atoms. The number of alkyl halides is 10. The van der Waals surface area contributed by atoms with Crippen LogP contribution in [0.25, 0.3) is 11.0 Å². The Kier molecular flexibility index (Phi) is 4.50. The molecule has 146 valence electrons. The zero-order chi connectivity index (χ0) is 20.3. The molecule has 2 rings (SSSR count). The summed E-state index contributed by atoms with van der Waals surface area (Å²) in [6.45, 7) is 0. The zero-order valence-electron chi connectivity index (χ0n) is 12.1. The lowest BCUT2D eigenvalue weighted by molar-refractivity contribution is -0.712. The Morgan fingerprint density at radius 1 is 0.962 bits per heavy atom. The van der Waals surface area contributed by atoms with E-state index in [4.69, 9.17) is 11.6 Å². The van der Waals surface area contributed by atoms with Crippen LogP contribution < -0.4 is 9.52 Å². The third-order valence-electron chi connectivity index (χ3n) is 3.06. The number of benzene rings is 1. The molecule has 1 aromatic carbocycles. The first-order valence-corrected chi connectivity index (χ1v) is 6.54. The van der Waals surface area contributed by atoms with Crippen molar-refractivity contribution in [1.82, 2.24) is 10.1 Å². The van der Waals surface area contributed by atoms with Crippen molar-refractivity contribution in [1.29, 1.82) is 0 Å². The number of halogens is 11. The molecule has 0 amide bonds. The highest BCUT2D eigenvalue weighted by atomic mass is 35.5. The highest BCUT2D eigenvalue weighted by Gasteiger charge is 2.78. The lowest BCUT2D eigenvalue weighted by Crippen LogP contribution is -2.60. The van der Waals surface area contributed by atoms with Crippen molar-refractivity contribution in [3.05, 3.63) is 22.7 Å². The number of nitrogens with zero attached hydrogens (tertiary/aromatic N) is 3. The largest absolute Gasteiger partial charge is 0.484 e. The van der Waals surface area contributed by atoms with Crippen molar-refractivity contribution in [2.75, 3.05) is 0 Å². The normalized spacial score (nSPS) is 14.2. The van der Waals surface area contributed by atoms with Crippen LogP contribution in [0.15, 0.2) is 12.1 Å². The Labute approximate surface area is 141 Å². The summed E-state index contributed by atoms with van der Waals surface area (Å²) in [5, 5.41) is 2.29. The molecule has 0 aliphatic rings. The Morgan fingerprint density at radius 2 is 1.46 bits per heavy atom. The van der Waals surface area contributed by atoms with Crippen molar-refractivity contribution >= 4 is 22.6 Å². The van der Waals surface area contributed by atoms with E-state index in [2.05, 4.69) is 10.1 Å². The maximum absolute atomic E-state index is 13.7. The molecule has 26 heavy (non-hydrogen) atoms. The summed E-state index contributed by atoms with van der Waals surface area (Å²) >= 11 is 5.57. The second-order valence-electron chi connectivity index (χ2n) is 4.89. The smallest absolute Gasteiger partial charge is 0.253 e. The fourth-order valence-corrected chi connectivity index (χ4v) is 2.22. The van der Waals surface area contributed by atoms with Crippen LogP contribution in [-0.2, 0) is 13.2 Å². The molecule has 0 aliphatic heterocycles. The van der Waals surface area contributed by atoms with Crippen molar-refractivity contribution in [2.24, 2.45) is 7.05 Å². The topological polar surface area (TPSA) is 30.9 Å². The molecular formula is C11H5ClF10N3O+. The van der Waals surface area contributed by atoms with Crippen LogP contribution in [0.2, 0.25) is 5.02 Å². The van der Waals surface area contributed by atoms with E-state index >= 15 is 0 Å². The first kappa shape index (κ1) is 20.3. The molecule has 2 aromatic rings. The van der Waals surface area contributed by atoms with Gasteiger partial charge in [0.1, 0.15) is 12.3 Å². The Hall–Kier alpha value is -1.99. The van der Waals surface area contributed by atoms with Gasteiger partial charge in [-0.2, -0.15) is 43.9 Å². The highest BCUT2D eigenvalue weighted by Crippen LogP contribution is 2.45. The lowest BCUT2D eigenvalue weighted by atomic mass is 10.2. The number of hydrogen-bond acceptors (Lipinski definition) is 2. The molecule has 0 fully saturated rings. The first-order chi connectivity index (χ1) is 11.5. The van der Waals surface area contributed by atoms with Gasteiger partial charge < -0.3 is 0 Å². The average molecular weight is 421 g/mol. The standard InChI is InChI=1S/C11H5ClF10N3O/c1-24-7-5(12)2-4(8(13,14)15)3-6(7)25(23-24)26-9(16,10(17,18)19)11(20,21)22/h2-3H,1H3/q+1. The van der Waals surface area contributed by atoms with Crippen LogP contribution >= 0.6 is 11.6 Å². The molecule has 0 spiro atoms. The van der Waals surface area contributed by atoms with E-state index in [0.717, 1.165) is 7.05 Å². The lowest BCUT2D eigenvalue weighted by Gasteiger charge is -2.25. The van der Waals surface area contributed by atoms with E-state index in [1.54, 1.807) is 0 Å². The SMILES string of the molecule is C[n+]1nn(OC(F)(C(F)(F)F)C(F)(F)F)c2cc(C(F)(F)F)cc(Cl)c21. The maximum Gasteiger partial charge on any atom is 0.484 e. The predicted octanol–water partition coefficient (Wildman–Crippen LogP) is 3.75. The van der Waals surface area contributed by atoms with Gasteiger partial charge in [0.25, 0.3) is 0 Å². The van der Waals surface area contributed by atoms with Gasteiger partial charge in [-0.05, 0) is 6.07 Å². The molecule has 0 N–H and O–H groups in total. The van der Waals surface area contributed by atoms with E-state index in [-0.39, 0.29) is 6.07 Å². The number of fused-ring (bicyclic) bond motifs is 1. The van der Waals surface area contributed by atoms with Crippen molar-refractivity contribution in [3.63, 3.8) is 0 Å². The Bertz CT molecular complexity index is 824. The summed E-state index contributed by atoms with van der Waals surface area (Å²) in [5.41, 5.74) is -3.11. The van der Waals surface area contributed by atoms with Crippen LogP contribution in [0.4, 0.5) is 43.9 Å². The molecule has 0 atom stereocenters. The van der Waals surface area contributed by atoms with Crippen molar-refractivity contribution < 1.29 is 53.4 Å². The van der Waals surface area contributed by atoms with Gasteiger partial charge in [-0.1, -0.05) is 11.6 Å². The van der Waals surface area contributed by atoms with Crippen molar-refractivity contribution in [2.45, 2.75) is 24.4 Å². The summed E-state index contributed by atoms with van der Waals surface area (Å²) in [6.07, 6.45) is -18.3. The van der Waals surface area contributed by atoms with Gasteiger partial charge in [0.15, 0.2) is 0 Å². The molecule has 1 heterocycles. The molecule has 0 saturated carbocycles. The van der Waals surface area contributed by atoms with Crippen molar-refractivity contribution in [3.8, 4) is 0 Å². The fraction of sp³-hybridized carbons (Fsp3) is 0.455. The third kappa shape index (κ3) is 3.21. The molecule has 4 nitrogen and oxygen atoms in total. The molecular weight excluding hydrogens is 416 g/mol. The van der Waals surface area contributed by atoms with Gasteiger partial charge in [-0.15, -0.1) is 4.68 Å². The summed E-state index contributed by atoms with van der Waals surface area (Å²) in [5.74, 6) is -6.23. The van der Waals surface area contributed by atoms with E-state index in [9.17, 15) is 43.9 Å². The molecule has 15 heteroatoms. The van der Waals surface area contributed by atoms with Gasteiger partial charge in [-0.3, -0.25) is 4.84 Å². The minimum absolute atomic E-state index is 0.112. The fourth-order valence-electron chi connectivity index (χ4n) is 1.88. The highest BCUT2D eigenvalue weighted by molar-refractivity contribution is 6.34. The minimum Gasteiger partial charge on any atom is -0.253 e. The zero-order valence-corrected chi connectivity index (χ0v) is 12.8. The molecule has 0 saturated heterocycles. The number of rotatable bonds is 2. The quantitative estimate of drug-likeness (QED) is 0.547. The number of aryl methyl sites for hydroxylation is 1. The van der Waals surface area contributed by atoms with Gasteiger partial charge in [0.05, 0.1) is 15.4 Å². The minimum atomic E-state index is -6.60. The summed E-state index contributed by atoms with van der Waals surface area (Å²) in [6, 6.07) is 0.480. The van der Waals surface area contributed by atoms with Crippen LogP contribution in [0.3, 0.4) is 0 Å². The monoisotopic (exact) mass is 420 g/mol. The van der Waals surface area contributed by atoms with Crippen LogP contribution in [0, 0.1) is 0 Å². The Morgan fingerprint density at radius 3 is 1.88 bits per heavy atom. The molecule has 0 radical (unpaired) electrons. The third-order valence-corrected chi connectivity index (χ3v) is 3.35. The summed E-state index contributed by atoms with van der Waals surface area (Å²) in [4.78, 5) is 2.67. The summed E-state index contributed by atoms with van der Waals surface area (Å²) in [7, 11) is 0.933. The Balaban J connectivity index is 2.72. The second-order valence-corrected chi connectivity index (χ2v) is 5.30. The van der Waals surface area contributed by atoms with E-state index in [0.29, 0.717) is 10.7 Å². The van der Waals surface area contributed by atoms with Gasteiger partial charge >= 0.3 is 24.4 Å². The van der Waals surface area contributed by atoms with Gasteiger partial charge in [0.2, 0.25) is 11.0 Å². The van der Waals surface area contributed by atoms with Gasteiger partial charge in [-0.25, -0.2) is 0 Å².